The zero-order valence-corrected chi connectivity index (χ0v) is 12.0. The Morgan fingerprint density at radius 3 is 2.77 bits per heavy atom. The van der Waals surface area contributed by atoms with Crippen LogP contribution in [0.4, 0.5) is 20.4 Å². The number of hydrogen-bond acceptors (Lipinski definition) is 5. The molecule has 1 aromatic carbocycles. The molecule has 0 saturated heterocycles. The van der Waals surface area contributed by atoms with Crippen LogP contribution >= 0.6 is 11.3 Å². The van der Waals surface area contributed by atoms with Crippen LogP contribution in [-0.2, 0) is 6.42 Å². The fourth-order valence-electron chi connectivity index (χ4n) is 1.83. The van der Waals surface area contributed by atoms with E-state index >= 15 is 0 Å². The molecule has 2 N–H and O–H groups in total. The summed E-state index contributed by atoms with van der Waals surface area (Å²) in [5.41, 5.74) is -0.140. The molecule has 5 nitrogen and oxygen atoms in total. The second-order valence-corrected chi connectivity index (χ2v) is 5.49. The number of aromatic amines is 1. The van der Waals surface area contributed by atoms with Crippen molar-refractivity contribution in [3.63, 3.8) is 0 Å². The lowest BCUT2D eigenvalue weighted by Gasteiger charge is -2.06. The fourth-order valence-corrected chi connectivity index (χ4v) is 2.54. The molecule has 8 heteroatoms. The second kappa shape index (κ2) is 6.02. The Hall–Kier alpha value is -2.61. The van der Waals surface area contributed by atoms with E-state index in [1.54, 1.807) is 0 Å². The van der Waals surface area contributed by atoms with Gasteiger partial charge in [-0.2, -0.15) is 0 Å². The Bertz CT molecular complexity index is 848. The minimum atomic E-state index is -0.787. The van der Waals surface area contributed by atoms with Crippen LogP contribution in [0.15, 0.2) is 40.5 Å². The van der Waals surface area contributed by atoms with Gasteiger partial charge in [0, 0.05) is 17.4 Å². The summed E-state index contributed by atoms with van der Waals surface area (Å²) in [5, 5.41) is 12.1. The van der Waals surface area contributed by atoms with Crippen LogP contribution in [0.1, 0.15) is 10.6 Å². The second-order valence-electron chi connectivity index (χ2n) is 4.45. The van der Waals surface area contributed by atoms with Gasteiger partial charge in [0.25, 0.3) is 5.56 Å². The lowest BCUT2D eigenvalue weighted by atomic mass is 10.3. The highest BCUT2D eigenvalue weighted by molar-refractivity contribution is 7.09. The standard InChI is InChI=1S/C14H10F2N4OS/c15-8-3-4-11(10(16)6-8)17-14-18-13(21)12(19-20-14)7-9-2-1-5-22-9/h1-6H,7H2,(H2,17,18,20,21). The largest absolute Gasteiger partial charge is 0.322 e. The maximum Gasteiger partial charge on any atom is 0.274 e. The maximum absolute atomic E-state index is 13.5. The number of anilines is 2. The maximum atomic E-state index is 13.5. The molecule has 0 spiro atoms. The molecule has 2 aromatic heterocycles. The summed E-state index contributed by atoms with van der Waals surface area (Å²) in [6, 6.07) is 6.83. The SMILES string of the molecule is O=c1[nH]c(Nc2ccc(F)cc2F)nnc1Cc1cccs1. The molecule has 0 aliphatic rings. The van der Waals surface area contributed by atoms with E-state index in [1.165, 1.54) is 17.4 Å². The Balaban J connectivity index is 1.81. The first-order valence-corrected chi connectivity index (χ1v) is 7.20. The molecule has 112 valence electrons. The van der Waals surface area contributed by atoms with E-state index in [0.29, 0.717) is 6.42 Å². The van der Waals surface area contributed by atoms with Gasteiger partial charge in [0.05, 0.1) is 5.69 Å². The van der Waals surface area contributed by atoms with Crippen LogP contribution in [-0.4, -0.2) is 15.2 Å². The molecule has 3 aromatic rings. The van der Waals surface area contributed by atoms with Crippen LogP contribution < -0.4 is 10.9 Å². The molecular weight excluding hydrogens is 310 g/mol. The molecule has 0 unspecified atom stereocenters. The number of hydrogen-bond donors (Lipinski definition) is 2. The van der Waals surface area contributed by atoms with E-state index in [1.807, 2.05) is 17.5 Å². The third kappa shape index (κ3) is 3.17. The van der Waals surface area contributed by atoms with E-state index in [2.05, 4.69) is 20.5 Å². The van der Waals surface area contributed by atoms with Crippen molar-refractivity contribution >= 4 is 23.0 Å². The lowest BCUT2D eigenvalue weighted by molar-refractivity contribution is 0.586. The van der Waals surface area contributed by atoms with Crippen molar-refractivity contribution in [2.75, 3.05) is 5.32 Å². The molecule has 3 rings (SSSR count). The zero-order chi connectivity index (χ0) is 15.5. The number of H-pyrrole nitrogens is 1. The average molecular weight is 320 g/mol. The summed E-state index contributed by atoms with van der Waals surface area (Å²) in [5.74, 6) is -1.48. The van der Waals surface area contributed by atoms with Gasteiger partial charge in [0.1, 0.15) is 17.3 Å². The van der Waals surface area contributed by atoms with Gasteiger partial charge in [0.15, 0.2) is 0 Å². The van der Waals surface area contributed by atoms with Crippen LogP contribution in [0.25, 0.3) is 0 Å². The summed E-state index contributed by atoms with van der Waals surface area (Å²) in [4.78, 5) is 15.4. The zero-order valence-electron chi connectivity index (χ0n) is 11.1. The third-order valence-electron chi connectivity index (χ3n) is 2.87. The number of thiophene rings is 1. The van der Waals surface area contributed by atoms with Crippen LogP contribution in [0.2, 0.25) is 0 Å². The van der Waals surface area contributed by atoms with Crippen molar-refractivity contribution in [2.24, 2.45) is 0 Å². The number of nitrogens with zero attached hydrogens (tertiary/aromatic N) is 2. The van der Waals surface area contributed by atoms with Gasteiger partial charge in [0.2, 0.25) is 5.95 Å². The summed E-state index contributed by atoms with van der Waals surface area (Å²) in [6.07, 6.45) is 0.380. The molecule has 0 atom stereocenters. The molecule has 0 amide bonds. The van der Waals surface area contributed by atoms with Crippen molar-refractivity contribution in [2.45, 2.75) is 6.42 Å². The fraction of sp³-hybridized carbons (Fsp3) is 0.0714. The van der Waals surface area contributed by atoms with Gasteiger partial charge in [-0.3, -0.25) is 9.78 Å². The predicted molar refractivity (Wildman–Crippen MR) is 79.4 cm³/mol. The number of rotatable bonds is 4. The van der Waals surface area contributed by atoms with Crippen LogP contribution in [0.5, 0.6) is 0 Å². The van der Waals surface area contributed by atoms with Gasteiger partial charge in [-0.1, -0.05) is 6.07 Å². The quantitative estimate of drug-likeness (QED) is 0.775. The minimum Gasteiger partial charge on any atom is -0.322 e. The molecule has 0 fully saturated rings. The lowest BCUT2D eigenvalue weighted by Crippen LogP contribution is -2.18. The monoisotopic (exact) mass is 320 g/mol. The van der Waals surface area contributed by atoms with Crippen molar-refractivity contribution in [1.82, 2.24) is 15.2 Å². The van der Waals surface area contributed by atoms with Crippen LogP contribution in [0.3, 0.4) is 0 Å². The first-order chi connectivity index (χ1) is 10.6. The Morgan fingerprint density at radius 1 is 1.23 bits per heavy atom. The number of nitrogens with one attached hydrogen (secondary N) is 2. The van der Waals surface area contributed by atoms with E-state index in [0.717, 1.165) is 17.0 Å². The van der Waals surface area contributed by atoms with Crippen LogP contribution in [0, 0.1) is 11.6 Å². The Labute approximate surface area is 127 Å². The third-order valence-corrected chi connectivity index (χ3v) is 3.75. The first kappa shape index (κ1) is 14.3. The van der Waals surface area contributed by atoms with Gasteiger partial charge >= 0.3 is 0 Å². The summed E-state index contributed by atoms with van der Waals surface area (Å²) in [7, 11) is 0. The van der Waals surface area contributed by atoms with Crippen molar-refractivity contribution in [3.05, 3.63) is 68.3 Å². The van der Waals surface area contributed by atoms with E-state index in [4.69, 9.17) is 0 Å². The number of aromatic nitrogens is 3. The smallest absolute Gasteiger partial charge is 0.274 e. The Morgan fingerprint density at radius 2 is 2.09 bits per heavy atom. The van der Waals surface area contributed by atoms with Gasteiger partial charge in [-0.05, 0) is 23.6 Å². The average Bonchev–Trinajstić information content (AvgIpc) is 2.98. The van der Waals surface area contributed by atoms with Crippen molar-refractivity contribution < 1.29 is 8.78 Å². The summed E-state index contributed by atoms with van der Waals surface area (Å²) in [6.45, 7) is 0. The van der Waals surface area contributed by atoms with E-state index in [9.17, 15) is 13.6 Å². The summed E-state index contributed by atoms with van der Waals surface area (Å²) < 4.78 is 26.4. The molecule has 0 radical (unpaired) electrons. The molecule has 2 heterocycles. The predicted octanol–water partition coefficient (Wildman–Crippen LogP) is 2.84. The molecule has 22 heavy (non-hydrogen) atoms. The van der Waals surface area contributed by atoms with Gasteiger partial charge < -0.3 is 5.32 Å². The highest BCUT2D eigenvalue weighted by Gasteiger charge is 2.09. The molecule has 0 aliphatic heterocycles. The topological polar surface area (TPSA) is 70.7 Å². The van der Waals surface area contributed by atoms with Crippen molar-refractivity contribution in [3.8, 4) is 0 Å². The van der Waals surface area contributed by atoms with Gasteiger partial charge in [-0.25, -0.2) is 8.78 Å². The molecule has 0 aliphatic carbocycles. The highest BCUT2D eigenvalue weighted by Crippen LogP contribution is 2.17. The number of halogens is 2. The highest BCUT2D eigenvalue weighted by atomic mass is 32.1. The minimum absolute atomic E-state index is 0.00245. The van der Waals surface area contributed by atoms with Gasteiger partial charge in [-0.15, -0.1) is 21.5 Å². The number of benzene rings is 1. The van der Waals surface area contributed by atoms with E-state index < -0.39 is 17.2 Å². The normalized spacial score (nSPS) is 10.6. The summed E-state index contributed by atoms with van der Waals surface area (Å²) >= 11 is 1.52. The molecular formula is C14H10F2N4OS. The van der Waals surface area contributed by atoms with Crippen molar-refractivity contribution in [1.29, 1.82) is 0 Å². The molecule has 0 bridgehead atoms. The molecule has 0 saturated carbocycles. The van der Waals surface area contributed by atoms with E-state index in [-0.39, 0.29) is 17.3 Å². The first-order valence-electron chi connectivity index (χ1n) is 6.32. The Kier molecular flexibility index (Phi) is 3.92.